The summed E-state index contributed by atoms with van der Waals surface area (Å²) in [6.45, 7) is 8.39. The van der Waals surface area contributed by atoms with Crippen molar-refractivity contribution in [1.82, 2.24) is 30.3 Å². The zero-order valence-corrected chi connectivity index (χ0v) is 22.8. The number of aliphatic imine (C=N–C) groups is 1. The standard InChI is InChI=1S/C23H37N7O2.HI/c1-6-7-9-24-23(25-14-22-28-27-17(2)29(22)3)26-19-8-10-30(16-19)15-18-11-20(31-4)13-21(12-18)32-5;/h11-13,19H,6-10,14-16H2,1-5H3,(H2,24,25,26);1H. The number of nitrogens with one attached hydrogen (secondary N) is 2. The lowest BCUT2D eigenvalue weighted by atomic mass is 10.2. The van der Waals surface area contributed by atoms with Crippen LogP contribution < -0.4 is 20.1 Å². The summed E-state index contributed by atoms with van der Waals surface area (Å²) >= 11 is 0. The van der Waals surface area contributed by atoms with Gasteiger partial charge < -0.3 is 24.7 Å². The van der Waals surface area contributed by atoms with E-state index in [0.717, 1.165) is 74.5 Å². The first-order valence-electron chi connectivity index (χ1n) is 11.4. The number of guanidine groups is 1. The molecule has 1 aromatic carbocycles. The van der Waals surface area contributed by atoms with E-state index in [-0.39, 0.29) is 24.0 Å². The molecule has 33 heavy (non-hydrogen) atoms. The molecule has 1 saturated heterocycles. The molecule has 0 radical (unpaired) electrons. The molecular weight excluding hydrogens is 533 g/mol. The highest BCUT2D eigenvalue weighted by atomic mass is 127. The summed E-state index contributed by atoms with van der Waals surface area (Å²) in [7, 11) is 5.34. The van der Waals surface area contributed by atoms with Crippen molar-refractivity contribution >= 4 is 29.9 Å². The van der Waals surface area contributed by atoms with Crippen molar-refractivity contribution in [2.75, 3.05) is 33.9 Å². The fourth-order valence-corrected chi connectivity index (χ4v) is 3.78. The predicted octanol–water partition coefficient (Wildman–Crippen LogP) is 2.87. The average molecular weight is 572 g/mol. The molecule has 0 bridgehead atoms. The van der Waals surface area contributed by atoms with E-state index in [1.807, 2.05) is 24.6 Å². The first-order chi connectivity index (χ1) is 15.5. The van der Waals surface area contributed by atoms with Gasteiger partial charge in [-0.15, -0.1) is 34.2 Å². The molecule has 2 heterocycles. The number of ether oxygens (including phenoxy) is 2. The second kappa shape index (κ2) is 13.6. The number of methoxy groups -OCH3 is 2. The van der Waals surface area contributed by atoms with Crippen molar-refractivity contribution in [2.24, 2.45) is 12.0 Å². The topological polar surface area (TPSA) is 88.8 Å². The van der Waals surface area contributed by atoms with Gasteiger partial charge in [-0.2, -0.15) is 0 Å². The maximum atomic E-state index is 5.41. The Kier molecular flexibility index (Phi) is 11.2. The fraction of sp³-hybridized carbons (Fsp3) is 0.609. The Morgan fingerprint density at radius 1 is 1.18 bits per heavy atom. The van der Waals surface area contributed by atoms with Crippen LogP contribution in [0.4, 0.5) is 0 Å². The molecule has 1 aliphatic rings. The third-order valence-corrected chi connectivity index (χ3v) is 5.81. The lowest BCUT2D eigenvalue weighted by Crippen LogP contribution is -2.45. The second-order valence-corrected chi connectivity index (χ2v) is 8.25. The molecule has 1 atom stereocenters. The van der Waals surface area contributed by atoms with Gasteiger partial charge in [0.15, 0.2) is 11.8 Å². The first kappa shape index (κ1) is 27.2. The number of aryl methyl sites for hydroxylation is 1. The van der Waals surface area contributed by atoms with E-state index in [9.17, 15) is 0 Å². The fourth-order valence-electron chi connectivity index (χ4n) is 3.78. The number of halogens is 1. The van der Waals surface area contributed by atoms with E-state index in [1.54, 1.807) is 14.2 Å². The summed E-state index contributed by atoms with van der Waals surface area (Å²) in [4.78, 5) is 7.22. The van der Waals surface area contributed by atoms with Crippen molar-refractivity contribution in [3.63, 3.8) is 0 Å². The zero-order valence-electron chi connectivity index (χ0n) is 20.4. The quantitative estimate of drug-likeness (QED) is 0.196. The number of likely N-dealkylation sites (tertiary alicyclic amines) is 1. The van der Waals surface area contributed by atoms with Gasteiger partial charge in [0.2, 0.25) is 0 Å². The summed E-state index contributed by atoms with van der Waals surface area (Å²) < 4.78 is 12.8. The normalized spacial score (nSPS) is 16.4. The third kappa shape index (κ3) is 8.02. The van der Waals surface area contributed by atoms with Crippen LogP contribution in [0.15, 0.2) is 23.2 Å². The maximum Gasteiger partial charge on any atom is 0.191 e. The van der Waals surface area contributed by atoms with Gasteiger partial charge in [0.05, 0.1) is 14.2 Å². The number of hydrogen-bond donors (Lipinski definition) is 2. The SMILES string of the molecule is CCCCNC(=NCc1nnc(C)n1C)NC1CCN(Cc2cc(OC)cc(OC)c2)C1.I. The van der Waals surface area contributed by atoms with Crippen molar-refractivity contribution in [3.8, 4) is 11.5 Å². The molecule has 2 aromatic rings. The summed E-state index contributed by atoms with van der Waals surface area (Å²) in [5.41, 5.74) is 1.19. The minimum absolute atomic E-state index is 0. The number of nitrogens with zero attached hydrogens (tertiary/aromatic N) is 5. The minimum atomic E-state index is 0. The molecule has 0 saturated carbocycles. The molecule has 0 aliphatic carbocycles. The van der Waals surface area contributed by atoms with Crippen molar-refractivity contribution in [3.05, 3.63) is 35.4 Å². The largest absolute Gasteiger partial charge is 0.497 e. The van der Waals surface area contributed by atoms with Crippen molar-refractivity contribution < 1.29 is 9.47 Å². The van der Waals surface area contributed by atoms with Gasteiger partial charge in [0.25, 0.3) is 0 Å². The predicted molar refractivity (Wildman–Crippen MR) is 142 cm³/mol. The average Bonchev–Trinajstić information content (AvgIpc) is 3.37. The molecule has 184 valence electrons. The molecule has 1 aliphatic heterocycles. The van der Waals surface area contributed by atoms with Gasteiger partial charge in [-0.1, -0.05) is 13.3 Å². The maximum absolute atomic E-state index is 5.41. The molecule has 1 fully saturated rings. The number of unbranched alkanes of at least 4 members (excludes halogenated alkanes) is 1. The minimum Gasteiger partial charge on any atom is -0.497 e. The van der Waals surface area contributed by atoms with Crippen LogP contribution in [0.25, 0.3) is 0 Å². The lowest BCUT2D eigenvalue weighted by Gasteiger charge is -2.20. The Labute approximate surface area is 214 Å². The van der Waals surface area contributed by atoms with Crippen LogP contribution in [-0.2, 0) is 20.1 Å². The van der Waals surface area contributed by atoms with Gasteiger partial charge in [0, 0.05) is 45.3 Å². The molecule has 0 spiro atoms. The van der Waals surface area contributed by atoms with Crippen molar-refractivity contribution in [2.45, 2.75) is 52.2 Å². The van der Waals surface area contributed by atoms with E-state index < -0.39 is 0 Å². The smallest absolute Gasteiger partial charge is 0.191 e. The van der Waals surface area contributed by atoms with Gasteiger partial charge in [0.1, 0.15) is 23.9 Å². The number of aromatic nitrogens is 3. The molecule has 1 aromatic heterocycles. The monoisotopic (exact) mass is 571 g/mol. The van der Waals surface area contributed by atoms with Crippen LogP contribution in [0.5, 0.6) is 11.5 Å². The molecular formula is C23H38IN7O2. The Balaban J connectivity index is 0.00000385. The summed E-state index contributed by atoms with van der Waals surface area (Å²) in [5, 5.41) is 15.4. The molecule has 3 rings (SSSR count). The Morgan fingerprint density at radius 3 is 2.52 bits per heavy atom. The van der Waals surface area contributed by atoms with E-state index in [4.69, 9.17) is 14.5 Å². The summed E-state index contributed by atoms with van der Waals surface area (Å²) in [6, 6.07) is 6.40. The summed E-state index contributed by atoms with van der Waals surface area (Å²) in [6.07, 6.45) is 3.32. The molecule has 0 amide bonds. The highest BCUT2D eigenvalue weighted by Gasteiger charge is 2.23. The van der Waals surface area contributed by atoms with Gasteiger partial charge in [-0.05, 0) is 37.5 Å². The van der Waals surface area contributed by atoms with Gasteiger partial charge in [-0.25, -0.2) is 4.99 Å². The zero-order chi connectivity index (χ0) is 22.9. The van der Waals surface area contributed by atoms with Crippen molar-refractivity contribution in [1.29, 1.82) is 0 Å². The van der Waals surface area contributed by atoms with Crippen LogP contribution in [-0.4, -0.2) is 65.5 Å². The third-order valence-electron chi connectivity index (χ3n) is 5.81. The molecule has 9 nitrogen and oxygen atoms in total. The molecule has 1 unspecified atom stereocenters. The second-order valence-electron chi connectivity index (χ2n) is 8.25. The van der Waals surface area contributed by atoms with E-state index >= 15 is 0 Å². The Morgan fingerprint density at radius 2 is 1.91 bits per heavy atom. The van der Waals surface area contributed by atoms with E-state index in [1.165, 1.54) is 5.56 Å². The van der Waals surface area contributed by atoms with Crippen LogP contribution in [0, 0.1) is 6.92 Å². The lowest BCUT2D eigenvalue weighted by molar-refractivity contribution is 0.321. The van der Waals surface area contributed by atoms with E-state index in [2.05, 4.69) is 44.8 Å². The van der Waals surface area contributed by atoms with Gasteiger partial charge >= 0.3 is 0 Å². The Hall–Kier alpha value is -2.08. The number of benzene rings is 1. The number of rotatable bonds is 10. The first-order valence-corrected chi connectivity index (χ1v) is 11.4. The van der Waals surface area contributed by atoms with Crippen LogP contribution in [0.3, 0.4) is 0 Å². The van der Waals surface area contributed by atoms with E-state index in [0.29, 0.717) is 12.6 Å². The van der Waals surface area contributed by atoms with Crippen LogP contribution >= 0.6 is 24.0 Å². The van der Waals surface area contributed by atoms with Gasteiger partial charge in [-0.3, -0.25) is 4.90 Å². The van der Waals surface area contributed by atoms with Crippen LogP contribution in [0.1, 0.15) is 43.4 Å². The Bertz CT molecular complexity index is 881. The molecule has 10 heteroatoms. The number of hydrogen-bond acceptors (Lipinski definition) is 6. The molecule has 2 N–H and O–H groups in total. The highest BCUT2D eigenvalue weighted by molar-refractivity contribution is 14.0. The summed E-state index contributed by atoms with van der Waals surface area (Å²) in [5.74, 6) is 4.24. The highest BCUT2D eigenvalue weighted by Crippen LogP contribution is 2.24. The van der Waals surface area contributed by atoms with Crippen LogP contribution in [0.2, 0.25) is 0 Å².